The average Bonchev–Trinajstić information content (AvgIpc) is 2.99. The predicted octanol–water partition coefficient (Wildman–Crippen LogP) is 5.42. The van der Waals surface area contributed by atoms with Crippen molar-refractivity contribution in [2.45, 2.75) is 57.2 Å². The molecule has 1 unspecified atom stereocenters. The fraction of sp³-hybridized carbons (Fsp3) is 0.625. The van der Waals surface area contributed by atoms with E-state index in [0.29, 0.717) is 6.10 Å². The second kappa shape index (κ2) is 5.98. The van der Waals surface area contributed by atoms with E-state index < -0.39 is 0 Å². The molecule has 0 amide bonds. The third-order valence-corrected chi connectivity index (χ3v) is 5.80. The maximum Gasteiger partial charge on any atom is 0.0756 e. The molecule has 2 nitrogen and oxygen atoms in total. The van der Waals surface area contributed by atoms with Gasteiger partial charge in [0, 0.05) is 15.5 Å². The lowest BCUT2D eigenvalue weighted by molar-refractivity contribution is -0.0307. The topological polar surface area (TPSA) is 21.3 Å². The van der Waals surface area contributed by atoms with Crippen LogP contribution < -0.4 is 5.32 Å². The summed E-state index contributed by atoms with van der Waals surface area (Å²) in [5.41, 5.74) is 2.61. The summed E-state index contributed by atoms with van der Waals surface area (Å²) in [6.45, 7) is 2.99. The molecule has 0 aromatic heterocycles. The number of benzene rings is 1. The number of hydrogen-bond acceptors (Lipinski definition) is 2. The van der Waals surface area contributed by atoms with Gasteiger partial charge < -0.3 is 10.1 Å². The second-order valence-corrected chi connectivity index (χ2v) is 7.86. The van der Waals surface area contributed by atoms with Gasteiger partial charge in [0.15, 0.2) is 0 Å². The van der Waals surface area contributed by atoms with Gasteiger partial charge in [0.1, 0.15) is 0 Å². The van der Waals surface area contributed by atoms with Crippen LogP contribution in [0.1, 0.15) is 44.1 Å². The Hall–Kier alpha value is -0.0600. The monoisotopic (exact) mass is 401 g/mol. The van der Waals surface area contributed by atoms with Crippen LogP contribution in [-0.4, -0.2) is 18.2 Å². The molecule has 0 bridgehead atoms. The van der Waals surface area contributed by atoms with Gasteiger partial charge in [0.05, 0.1) is 17.4 Å². The summed E-state index contributed by atoms with van der Waals surface area (Å²) >= 11 is 7.27. The van der Waals surface area contributed by atoms with Crippen molar-refractivity contribution in [1.82, 2.24) is 0 Å². The van der Waals surface area contributed by atoms with Crippen molar-refractivity contribution in [3.05, 3.63) is 26.6 Å². The first-order valence-corrected chi connectivity index (χ1v) is 9.04. The highest BCUT2D eigenvalue weighted by atomic mass is 79.9. The Morgan fingerprint density at radius 2 is 1.85 bits per heavy atom. The van der Waals surface area contributed by atoms with Crippen molar-refractivity contribution in [1.29, 1.82) is 0 Å². The molecule has 1 aliphatic carbocycles. The Bertz CT molecular complexity index is 474. The summed E-state index contributed by atoms with van der Waals surface area (Å²) in [6, 6.07) is 4.28. The van der Waals surface area contributed by atoms with E-state index in [0.717, 1.165) is 21.2 Å². The van der Waals surface area contributed by atoms with Crippen molar-refractivity contribution in [2.75, 3.05) is 11.9 Å². The number of ether oxygens (including phenoxy) is 1. The third kappa shape index (κ3) is 3.07. The van der Waals surface area contributed by atoms with Gasteiger partial charge in [0.2, 0.25) is 0 Å². The van der Waals surface area contributed by atoms with E-state index in [1.807, 2.05) is 0 Å². The van der Waals surface area contributed by atoms with Gasteiger partial charge in [-0.1, -0.05) is 12.8 Å². The van der Waals surface area contributed by atoms with Crippen molar-refractivity contribution >= 4 is 37.5 Å². The fourth-order valence-electron chi connectivity index (χ4n) is 3.51. The maximum absolute atomic E-state index is 6.34. The lowest BCUT2D eigenvalue weighted by Gasteiger charge is -2.24. The fourth-order valence-corrected chi connectivity index (χ4v) is 5.21. The van der Waals surface area contributed by atoms with Gasteiger partial charge in [-0.25, -0.2) is 0 Å². The third-order valence-electron chi connectivity index (χ3n) is 4.55. The summed E-state index contributed by atoms with van der Waals surface area (Å²) in [5.74, 6) is 0. The number of rotatable bonds is 3. The SMILES string of the molecule is Cc1cc(Br)c(NCC2CCC3(CCCC3)O2)c(Br)c1. The van der Waals surface area contributed by atoms with Gasteiger partial charge in [-0.3, -0.25) is 0 Å². The molecule has 3 rings (SSSR count). The highest BCUT2D eigenvalue weighted by Crippen LogP contribution is 2.43. The van der Waals surface area contributed by atoms with E-state index in [1.54, 1.807) is 0 Å². The molecule has 1 saturated heterocycles. The van der Waals surface area contributed by atoms with Crippen LogP contribution in [0.15, 0.2) is 21.1 Å². The Labute approximate surface area is 137 Å². The quantitative estimate of drug-likeness (QED) is 0.728. The highest BCUT2D eigenvalue weighted by Gasteiger charge is 2.41. The van der Waals surface area contributed by atoms with Crippen LogP contribution in [0.4, 0.5) is 5.69 Å². The van der Waals surface area contributed by atoms with Crippen molar-refractivity contribution in [3.8, 4) is 0 Å². The Balaban J connectivity index is 1.61. The lowest BCUT2D eigenvalue weighted by atomic mass is 9.98. The number of halogens is 2. The molecule has 2 fully saturated rings. The minimum atomic E-state index is 0.230. The van der Waals surface area contributed by atoms with Crippen LogP contribution in [0.2, 0.25) is 0 Å². The lowest BCUT2D eigenvalue weighted by Crippen LogP contribution is -2.28. The number of hydrogen-bond donors (Lipinski definition) is 1. The molecular formula is C16H21Br2NO. The van der Waals surface area contributed by atoms with E-state index in [1.165, 1.54) is 44.1 Å². The normalized spacial score (nSPS) is 24.4. The maximum atomic E-state index is 6.34. The van der Waals surface area contributed by atoms with Gasteiger partial charge in [-0.2, -0.15) is 0 Å². The standard InChI is InChI=1S/C16H21Br2NO/c1-11-8-13(17)15(14(18)9-11)19-10-12-4-7-16(20-12)5-2-3-6-16/h8-9,12,19H,2-7,10H2,1H3. The van der Waals surface area contributed by atoms with Crippen LogP contribution >= 0.6 is 31.9 Å². The largest absolute Gasteiger partial charge is 0.381 e. The first kappa shape index (κ1) is 14.9. The van der Waals surface area contributed by atoms with Crippen LogP contribution in [0.5, 0.6) is 0 Å². The van der Waals surface area contributed by atoms with Gasteiger partial charge in [-0.05, 0) is 82.2 Å². The molecule has 1 aliphatic heterocycles. The van der Waals surface area contributed by atoms with E-state index in [-0.39, 0.29) is 5.60 Å². The van der Waals surface area contributed by atoms with E-state index >= 15 is 0 Å². The molecule has 0 radical (unpaired) electrons. The van der Waals surface area contributed by atoms with Crippen molar-refractivity contribution < 1.29 is 4.74 Å². The smallest absolute Gasteiger partial charge is 0.0756 e. The van der Waals surface area contributed by atoms with E-state index in [9.17, 15) is 0 Å². The second-order valence-electron chi connectivity index (χ2n) is 6.15. The first-order chi connectivity index (χ1) is 9.58. The molecular weight excluding hydrogens is 382 g/mol. The summed E-state index contributed by atoms with van der Waals surface area (Å²) in [5, 5.41) is 3.54. The highest BCUT2D eigenvalue weighted by molar-refractivity contribution is 9.11. The van der Waals surface area contributed by atoms with Gasteiger partial charge >= 0.3 is 0 Å². The minimum Gasteiger partial charge on any atom is -0.381 e. The average molecular weight is 403 g/mol. The minimum absolute atomic E-state index is 0.230. The van der Waals surface area contributed by atoms with E-state index in [2.05, 4.69) is 56.2 Å². The predicted molar refractivity (Wildman–Crippen MR) is 90.4 cm³/mol. The molecule has 4 heteroatoms. The van der Waals surface area contributed by atoms with Gasteiger partial charge in [-0.15, -0.1) is 0 Å². The zero-order chi connectivity index (χ0) is 14.2. The molecule has 2 aliphatic rings. The Kier molecular flexibility index (Phi) is 4.44. The molecule has 1 saturated carbocycles. The van der Waals surface area contributed by atoms with Crippen molar-refractivity contribution in [3.63, 3.8) is 0 Å². The zero-order valence-electron chi connectivity index (χ0n) is 11.8. The summed E-state index contributed by atoms with van der Waals surface area (Å²) < 4.78 is 8.56. The Morgan fingerprint density at radius 1 is 1.20 bits per heavy atom. The molecule has 1 spiro atoms. The van der Waals surface area contributed by atoms with Gasteiger partial charge in [0.25, 0.3) is 0 Å². The number of aryl methyl sites for hydroxylation is 1. The van der Waals surface area contributed by atoms with Crippen molar-refractivity contribution in [2.24, 2.45) is 0 Å². The van der Waals surface area contributed by atoms with Crippen LogP contribution in [0, 0.1) is 6.92 Å². The van der Waals surface area contributed by atoms with E-state index in [4.69, 9.17) is 4.74 Å². The molecule has 1 atom stereocenters. The van der Waals surface area contributed by atoms with Crippen LogP contribution in [-0.2, 0) is 4.74 Å². The summed E-state index contributed by atoms with van der Waals surface area (Å²) in [4.78, 5) is 0. The summed E-state index contributed by atoms with van der Waals surface area (Å²) in [6.07, 6.45) is 8.00. The van der Waals surface area contributed by atoms with Crippen LogP contribution in [0.3, 0.4) is 0 Å². The number of nitrogens with one attached hydrogen (secondary N) is 1. The molecule has 1 aromatic rings. The zero-order valence-corrected chi connectivity index (χ0v) is 15.0. The molecule has 20 heavy (non-hydrogen) atoms. The number of anilines is 1. The molecule has 110 valence electrons. The molecule has 1 aromatic carbocycles. The summed E-state index contributed by atoms with van der Waals surface area (Å²) in [7, 11) is 0. The molecule has 1 heterocycles. The Morgan fingerprint density at radius 3 is 2.50 bits per heavy atom. The first-order valence-electron chi connectivity index (χ1n) is 7.45. The molecule has 1 N–H and O–H groups in total. The van der Waals surface area contributed by atoms with Crippen LogP contribution in [0.25, 0.3) is 0 Å².